The summed E-state index contributed by atoms with van der Waals surface area (Å²) in [5, 5.41) is 21.7. The van der Waals surface area contributed by atoms with Crippen molar-refractivity contribution in [3.8, 4) is 0 Å². The Hall–Kier alpha value is -3.10. The first-order valence-corrected chi connectivity index (χ1v) is 9.50. The van der Waals surface area contributed by atoms with Gasteiger partial charge >= 0.3 is 18.0 Å². The Morgan fingerprint density at radius 3 is 2.34 bits per heavy atom. The van der Waals surface area contributed by atoms with Crippen LogP contribution in [-0.4, -0.2) is 57.2 Å². The maximum atomic E-state index is 12.8. The molecule has 1 heterocycles. The maximum Gasteiger partial charge on any atom is 0.407 e. The highest BCUT2D eigenvalue weighted by Gasteiger charge is 2.60. The number of hydrogen-bond acceptors (Lipinski definition) is 5. The van der Waals surface area contributed by atoms with Crippen molar-refractivity contribution in [3.05, 3.63) is 35.9 Å². The van der Waals surface area contributed by atoms with Gasteiger partial charge in [0.15, 0.2) is 0 Å². The summed E-state index contributed by atoms with van der Waals surface area (Å²) >= 11 is 0. The van der Waals surface area contributed by atoms with E-state index in [0.717, 1.165) is 10.5 Å². The number of alkyl carbamates (subject to hydrolysis) is 1. The third kappa shape index (κ3) is 4.49. The predicted octanol–water partition coefficient (Wildman–Crippen LogP) is 1.86. The number of aliphatic carboxylic acids is 2. The standard InChI is InChI=1S/C20H26N2O7/c1-3-14-10-15(17(24)25)22(20(14,4-2)18(26)27)16(23)11-21-19(28)29-12-13-8-6-5-7-9-13/h5-9,14-15H,3-4,10-12H2,1-2H3,(H,21,28)(H,24,25)(H,26,27). The Kier molecular flexibility index (Phi) is 7.19. The largest absolute Gasteiger partial charge is 0.480 e. The highest BCUT2D eigenvalue weighted by Crippen LogP contribution is 2.43. The summed E-state index contributed by atoms with van der Waals surface area (Å²) in [5.41, 5.74) is -0.856. The lowest BCUT2D eigenvalue weighted by molar-refractivity contribution is -0.164. The summed E-state index contributed by atoms with van der Waals surface area (Å²) < 4.78 is 5.03. The molecule has 3 N–H and O–H groups in total. The average Bonchev–Trinajstić information content (AvgIpc) is 3.07. The number of carbonyl (C=O) groups excluding carboxylic acids is 2. The molecule has 0 aromatic heterocycles. The third-order valence-electron chi connectivity index (χ3n) is 5.48. The highest BCUT2D eigenvalue weighted by atomic mass is 16.5. The van der Waals surface area contributed by atoms with Crippen LogP contribution in [0.1, 0.15) is 38.7 Å². The monoisotopic (exact) mass is 406 g/mol. The van der Waals surface area contributed by atoms with Crippen molar-refractivity contribution >= 4 is 23.9 Å². The first-order valence-electron chi connectivity index (χ1n) is 9.50. The number of carboxylic acids is 2. The molecule has 0 bridgehead atoms. The van der Waals surface area contributed by atoms with Crippen molar-refractivity contribution < 1.29 is 34.1 Å². The average molecular weight is 406 g/mol. The van der Waals surface area contributed by atoms with Gasteiger partial charge in [-0.1, -0.05) is 50.6 Å². The lowest BCUT2D eigenvalue weighted by Crippen LogP contribution is -2.60. The molecule has 0 radical (unpaired) electrons. The molecule has 1 aromatic rings. The molecule has 0 saturated carbocycles. The van der Waals surface area contributed by atoms with E-state index in [1.54, 1.807) is 38.1 Å². The Morgan fingerprint density at radius 2 is 1.83 bits per heavy atom. The summed E-state index contributed by atoms with van der Waals surface area (Å²) in [6.45, 7) is 2.84. The van der Waals surface area contributed by atoms with E-state index in [1.165, 1.54) is 0 Å². The van der Waals surface area contributed by atoms with Gasteiger partial charge in [-0.3, -0.25) is 4.79 Å². The highest BCUT2D eigenvalue weighted by molar-refractivity contribution is 5.94. The lowest BCUT2D eigenvalue weighted by atomic mass is 9.80. The van der Waals surface area contributed by atoms with Crippen LogP contribution in [0.3, 0.4) is 0 Å². The molecule has 9 heteroatoms. The van der Waals surface area contributed by atoms with E-state index in [2.05, 4.69) is 5.32 Å². The Morgan fingerprint density at radius 1 is 1.17 bits per heavy atom. The number of hydrogen-bond donors (Lipinski definition) is 3. The van der Waals surface area contributed by atoms with Crippen LogP contribution in [-0.2, 0) is 25.7 Å². The number of nitrogens with zero attached hydrogens (tertiary/aromatic N) is 1. The molecule has 2 rings (SSSR count). The molecule has 9 nitrogen and oxygen atoms in total. The molecule has 1 fully saturated rings. The SMILES string of the molecule is CCC1CC(C(=O)O)N(C(=O)CNC(=O)OCc2ccccc2)C1(CC)C(=O)O. The number of carboxylic acid groups (broad SMARTS) is 2. The minimum absolute atomic E-state index is 0.00820. The normalized spacial score (nSPS) is 23.4. The van der Waals surface area contributed by atoms with E-state index in [0.29, 0.717) is 6.42 Å². The zero-order valence-corrected chi connectivity index (χ0v) is 16.5. The summed E-state index contributed by atoms with van der Waals surface area (Å²) in [5.74, 6) is -3.77. The van der Waals surface area contributed by atoms with Crippen LogP contribution in [0.15, 0.2) is 30.3 Å². The second-order valence-electron chi connectivity index (χ2n) is 6.96. The van der Waals surface area contributed by atoms with Gasteiger partial charge in [-0.2, -0.15) is 0 Å². The summed E-state index contributed by atoms with van der Waals surface area (Å²) in [7, 11) is 0. The van der Waals surface area contributed by atoms with Gasteiger partial charge in [0.05, 0.1) is 0 Å². The topological polar surface area (TPSA) is 133 Å². The van der Waals surface area contributed by atoms with E-state index in [-0.39, 0.29) is 19.4 Å². The molecular formula is C20H26N2O7. The van der Waals surface area contributed by atoms with Gasteiger partial charge in [-0.05, 0) is 24.3 Å². The number of ether oxygens (including phenoxy) is 1. The van der Waals surface area contributed by atoms with Gasteiger partial charge < -0.3 is 25.2 Å². The Balaban J connectivity index is 2.09. The molecule has 1 aliphatic rings. The smallest absolute Gasteiger partial charge is 0.407 e. The Labute approximate surface area is 168 Å². The van der Waals surface area contributed by atoms with Gasteiger partial charge in [0, 0.05) is 0 Å². The van der Waals surface area contributed by atoms with Crippen LogP contribution in [0.4, 0.5) is 4.79 Å². The van der Waals surface area contributed by atoms with Crippen molar-refractivity contribution in [3.63, 3.8) is 0 Å². The van der Waals surface area contributed by atoms with E-state index in [1.807, 2.05) is 6.07 Å². The number of benzene rings is 1. The fraction of sp³-hybridized carbons (Fsp3) is 0.500. The quantitative estimate of drug-likeness (QED) is 0.600. The molecule has 3 unspecified atom stereocenters. The molecule has 158 valence electrons. The van der Waals surface area contributed by atoms with Crippen LogP contribution in [0.2, 0.25) is 0 Å². The number of nitrogens with one attached hydrogen (secondary N) is 1. The first kappa shape index (κ1) is 22.2. The summed E-state index contributed by atoms with van der Waals surface area (Å²) in [6.07, 6.45) is -0.316. The van der Waals surface area contributed by atoms with Crippen LogP contribution >= 0.6 is 0 Å². The fourth-order valence-electron chi connectivity index (χ4n) is 4.05. The summed E-state index contributed by atoms with van der Waals surface area (Å²) in [4.78, 5) is 49.4. The van der Waals surface area contributed by atoms with E-state index in [9.17, 15) is 29.4 Å². The molecule has 3 atom stereocenters. The van der Waals surface area contributed by atoms with Gasteiger partial charge in [0.1, 0.15) is 24.7 Å². The van der Waals surface area contributed by atoms with Crippen LogP contribution in [0.25, 0.3) is 0 Å². The van der Waals surface area contributed by atoms with E-state index in [4.69, 9.17) is 4.74 Å². The predicted molar refractivity (Wildman–Crippen MR) is 102 cm³/mol. The van der Waals surface area contributed by atoms with Gasteiger partial charge in [0.25, 0.3) is 0 Å². The van der Waals surface area contributed by atoms with Crippen LogP contribution in [0, 0.1) is 5.92 Å². The lowest BCUT2D eigenvalue weighted by Gasteiger charge is -2.39. The van der Waals surface area contributed by atoms with Crippen molar-refractivity contribution in [2.45, 2.75) is 51.3 Å². The third-order valence-corrected chi connectivity index (χ3v) is 5.48. The maximum absolute atomic E-state index is 12.8. The van der Waals surface area contributed by atoms with Crippen molar-refractivity contribution in [2.75, 3.05) is 6.54 Å². The van der Waals surface area contributed by atoms with Crippen LogP contribution < -0.4 is 5.32 Å². The van der Waals surface area contributed by atoms with E-state index >= 15 is 0 Å². The van der Waals surface area contributed by atoms with Crippen molar-refractivity contribution in [2.24, 2.45) is 5.92 Å². The summed E-state index contributed by atoms with van der Waals surface area (Å²) in [6, 6.07) is 7.69. The van der Waals surface area contributed by atoms with E-state index < -0.39 is 48.0 Å². The Bertz CT molecular complexity index is 767. The number of carbonyl (C=O) groups is 4. The van der Waals surface area contributed by atoms with Crippen molar-refractivity contribution in [1.82, 2.24) is 10.2 Å². The van der Waals surface area contributed by atoms with Gasteiger partial charge in [0.2, 0.25) is 5.91 Å². The zero-order chi connectivity index (χ0) is 21.6. The molecule has 29 heavy (non-hydrogen) atoms. The zero-order valence-electron chi connectivity index (χ0n) is 16.5. The molecular weight excluding hydrogens is 380 g/mol. The number of rotatable bonds is 8. The van der Waals surface area contributed by atoms with Crippen molar-refractivity contribution in [1.29, 1.82) is 0 Å². The first-order chi connectivity index (χ1) is 13.8. The second kappa shape index (κ2) is 9.40. The molecule has 1 aromatic carbocycles. The minimum Gasteiger partial charge on any atom is -0.480 e. The molecule has 0 aliphatic carbocycles. The molecule has 2 amide bonds. The number of likely N-dealkylation sites (tertiary alicyclic amines) is 1. The van der Waals surface area contributed by atoms with Gasteiger partial charge in [-0.15, -0.1) is 0 Å². The van der Waals surface area contributed by atoms with Gasteiger partial charge in [-0.25, -0.2) is 14.4 Å². The molecule has 1 saturated heterocycles. The van der Waals surface area contributed by atoms with Crippen LogP contribution in [0.5, 0.6) is 0 Å². The molecule has 0 spiro atoms. The second-order valence-corrected chi connectivity index (χ2v) is 6.96. The fourth-order valence-corrected chi connectivity index (χ4v) is 4.05. The molecule has 1 aliphatic heterocycles. The number of amides is 2. The minimum atomic E-state index is -1.62.